The molecule has 0 unspecified atom stereocenters. The van der Waals surface area contributed by atoms with Gasteiger partial charge in [0, 0.05) is 5.69 Å². The first-order valence-corrected chi connectivity index (χ1v) is 10.1. The number of amides is 1. The van der Waals surface area contributed by atoms with E-state index in [1.165, 1.54) is 20.2 Å². The summed E-state index contributed by atoms with van der Waals surface area (Å²) in [6.45, 7) is 0. The summed E-state index contributed by atoms with van der Waals surface area (Å²) in [6.07, 6.45) is 0. The number of benzene rings is 1. The van der Waals surface area contributed by atoms with E-state index in [0.717, 1.165) is 16.4 Å². The van der Waals surface area contributed by atoms with Gasteiger partial charge in [-0.15, -0.1) is 0 Å². The van der Waals surface area contributed by atoms with Crippen molar-refractivity contribution in [2.24, 2.45) is 7.05 Å². The fraction of sp³-hybridized carbons (Fsp3) is 0.158. The van der Waals surface area contributed by atoms with E-state index in [0.29, 0.717) is 16.5 Å². The van der Waals surface area contributed by atoms with Crippen molar-refractivity contribution in [3.8, 4) is 35.1 Å². The molecular formula is C19H14ClN7O4S. The minimum Gasteiger partial charge on any atom is -0.539 e. The Morgan fingerprint density at radius 3 is 2.69 bits per heavy atom. The molecule has 0 atom stereocenters. The number of nitrogens with two attached hydrogens (primary N) is 1. The van der Waals surface area contributed by atoms with Gasteiger partial charge in [-0.3, -0.25) is 4.79 Å². The first kappa shape index (κ1) is 22.7. The number of nitrogens with one attached hydrogen (secondary N) is 1. The fourth-order valence-corrected chi connectivity index (χ4v) is 3.85. The number of carbonyl (C=O) groups excluding carboxylic acids is 1. The zero-order valence-electron chi connectivity index (χ0n) is 16.7. The zero-order chi connectivity index (χ0) is 23.4. The largest absolute Gasteiger partial charge is 0.539 e. The second-order valence-corrected chi connectivity index (χ2v) is 7.54. The number of carbonyl (C=O) groups is 1. The number of nitrogens with zero attached hydrogens (tertiary/aromatic N) is 5. The second-order valence-electron chi connectivity index (χ2n) is 6.17. The molecule has 13 heteroatoms. The molecule has 0 saturated heterocycles. The molecule has 0 aliphatic rings. The summed E-state index contributed by atoms with van der Waals surface area (Å²) < 4.78 is 10.8. The summed E-state index contributed by atoms with van der Waals surface area (Å²) in [5, 5.41) is 37.9. The van der Waals surface area contributed by atoms with Crippen molar-refractivity contribution in [1.29, 1.82) is 10.5 Å². The maximum absolute atomic E-state index is 12.4. The first-order valence-electron chi connectivity index (χ1n) is 8.73. The van der Waals surface area contributed by atoms with Gasteiger partial charge in [-0.2, -0.15) is 10.5 Å². The predicted molar refractivity (Wildman–Crippen MR) is 112 cm³/mol. The Balaban J connectivity index is 1.91. The van der Waals surface area contributed by atoms with Crippen LogP contribution in [-0.4, -0.2) is 29.0 Å². The Morgan fingerprint density at radius 2 is 2.12 bits per heavy atom. The van der Waals surface area contributed by atoms with Gasteiger partial charge in [-0.25, -0.2) is 4.98 Å². The first-order chi connectivity index (χ1) is 15.3. The number of thioether (sulfide) groups is 1. The number of methoxy groups -OCH3 is 1. The van der Waals surface area contributed by atoms with E-state index >= 15 is 0 Å². The molecule has 0 spiro atoms. The molecule has 0 bridgehead atoms. The van der Waals surface area contributed by atoms with Crippen LogP contribution in [0.25, 0.3) is 11.3 Å². The van der Waals surface area contributed by atoms with E-state index in [2.05, 4.69) is 20.1 Å². The molecule has 3 N–H and O–H groups in total. The molecule has 32 heavy (non-hydrogen) atoms. The molecule has 1 aromatic carbocycles. The average Bonchev–Trinajstić information content (AvgIpc) is 3.09. The van der Waals surface area contributed by atoms with Gasteiger partial charge < -0.3 is 25.4 Å². The van der Waals surface area contributed by atoms with E-state index in [9.17, 15) is 20.4 Å². The molecule has 1 amide bonds. The molecule has 0 saturated carbocycles. The van der Waals surface area contributed by atoms with Gasteiger partial charge in [0.25, 0.3) is 5.69 Å². The minimum atomic E-state index is -0.851. The van der Waals surface area contributed by atoms with E-state index < -0.39 is 11.9 Å². The third kappa shape index (κ3) is 4.37. The SMILES string of the molecule is COc1ccc(NC(=O)CSc2nc(N)c(C#N)c(-c3c([O-])on[n+]3C)c2C#N)cc1Cl. The Kier molecular flexibility index (Phi) is 6.68. The highest BCUT2D eigenvalue weighted by Crippen LogP contribution is 2.36. The highest BCUT2D eigenvalue weighted by Gasteiger charge is 2.29. The van der Waals surface area contributed by atoms with Crippen molar-refractivity contribution in [2.45, 2.75) is 5.03 Å². The van der Waals surface area contributed by atoms with E-state index in [1.807, 2.05) is 12.1 Å². The normalized spacial score (nSPS) is 10.3. The van der Waals surface area contributed by atoms with Gasteiger partial charge in [-0.1, -0.05) is 28.0 Å². The molecule has 0 aliphatic carbocycles. The smallest absolute Gasteiger partial charge is 0.266 e. The molecule has 11 nitrogen and oxygen atoms in total. The Labute approximate surface area is 190 Å². The third-order valence-corrected chi connectivity index (χ3v) is 5.46. The van der Waals surface area contributed by atoms with Crippen LogP contribution in [0.2, 0.25) is 5.02 Å². The van der Waals surface area contributed by atoms with Crippen LogP contribution in [-0.2, 0) is 11.8 Å². The highest BCUT2D eigenvalue weighted by atomic mass is 35.5. The minimum absolute atomic E-state index is 0.0545. The summed E-state index contributed by atoms with van der Waals surface area (Å²) in [5.74, 6) is -1.15. The lowest BCUT2D eigenvalue weighted by atomic mass is 10.0. The topological polar surface area (TPSA) is 178 Å². The number of aromatic nitrogens is 3. The number of ether oxygens (including phenoxy) is 1. The molecule has 3 aromatic rings. The van der Waals surface area contributed by atoms with Gasteiger partial charge >= 0.3 is 0 Å². The monoisotopic (exact) mass is 471 g/mol. The number of halogens is 1. The molecule has 2 aromatic heterocycles. The lowest BCUT2D eigenvalue weighted by Crippen LogP contribution is -2.32. The van der Waals surface area contributed by atoms with Crippen LogP contribution in [0.3, 0.4) is 0 Å². The van der Waals surface area contributed by atoms with E-state index in [1.54, 1.807) is 12.1 Å². The molecule has 162 valence electrons. The third-order valence-electron chi connectivity index (χ3n) is 4.19. The van der Waals surface area contributed by atoms with Gasteiger partial charge in [-0.05, 0) is 18.2 Å². The number of nitrogen functional groups attached to an aromatic ring is 1. The molecule has 0 aliphatic heterocycles. The van der Waals surface area contributed by atoms with Crippen molar-refractivity contribution in [3.05, 3.63) is 34.3 Å². The fourth-order valence-electron chi connectivity index (χ4n) is 2.79. The molecule has 0 radical (unpaired) electrons. The highest BCUT2D eigenvalue weighted by molar-refractivity contribution is 8.00. The van der Waals surface area contributed by atoms with Gasteiger partial charge in [0.1, 0.15) is 34.3 Å². The number of nitriles is 2. The van der Waals surface area contributed by atoms with E-state index in [4.69, 9.17) is 22.1 Å². The second kappa shape index (κ2) is 9.43. The number of anilines is 2. The van der Waals surface area contributed by atoms with Crippen molar-refractivity contribution in [2.75, 3.05) is 23.9 Å². The number of aryl methyl sites for hydroxylation is 1. The van der Waals surface area contributed by atoms with E-state index in [-0.39, 0.29) is 39.0 Å². The van der Waals surface area contributed by atoms with Gasteiger partial charge in [0.05, 0.1) is 34.3 Å². The van der Waals surface area contributed by atoms with Crippen molar-refractivity contribution in [1.82, 2.24) is 10.3 Å². The van der Waals surface area contributed by atoms with Gasteiger partial charge in [0.15, 0.2) is 13.0 Å². The standard InChI is InChI=1S/C19H14ClN7O4S/c1-27-16(19(29)31-26-27)15-10(6-21)17(23)25-18(11(15)7-22)32-8-14(28)24-9-3-4-13(30-2)12(20)5-9/h3-5H,8H2,1-2H3,(H3-,23,24,25,26,28,29). The summed E-state index contributed by atoms with van der Waals surface area (Å²) in [4.78, 5) is 16.5. The van der Waals surface area contributed by atoms with Crippen LogP contribution >= 0.6 is 23.4 Å². The summed E-state index contributed by atoms with van der Waals surface area (Å²) in [5.41, 5.74) is 5.88. The maximum Gasteiger partial charge on any atom is 0.266 e. The van der Waals surface area contributed by atoms with Gasteiger partial charge in [0.2, 0.25) is 5.91 Å². The van der Waals surface area contributed by atoms with Crippen LogP contribution in [0.5, 0.6) is 11.7 Å². The maximum atomic E-state index is 12.4. The summed E-state index contributed by atoms with van der Waals surface area (Å²) in [7, 11) is 2.89. The molecule has 0 fully saturated rings. The van der Waals surface area contributed by atoms with Crippen LogP contribution in [0, 0.1) is 22.7 Å². The summed E-state index contributed by atoms with van der Waals surface area (Å²) in [6, 6.07) is 8.53. The number of hydrogen-bond donors (Lipinski definition) is 2. The van der Waals surface area contributed by atoms with Crippen molar-refractivity contribution in [3.63, 3.8) is 0 Å². The zero-order valence-corrected chi connectivity index (χ0v) is 18.2. The number of rotatable bonds is 6. The number of pyridine rings is 1. The Hall–Kier alpha value is -4.00. The Bertz CT molecular complexity index is 1280. The molecule has 2 heterocycles. The van der Waals surface area contributed by atoms with Crippen LogP contribution in [0.4, 0.5) is 11.5 Å². The van der Waals surface area contributed by atoms with Crippen molar-refractivity contribution < 1.29 is 23.8 Å². The lowest BCUT2D eigenvalue weighted by molar-refractivity contribution is -0.730. The van der Waals surface area contributed by atoms with Crippen LogP contribution in [0.15, 0.2) is 27.7 Å². The van der Waals surface area contributed by atoms with Crippen LogP contribution in [0.1, 0.15) is 11.1 Å². The average molecular weight is 472 g/mol. The lowest BCUT2D eigenvalue weighted by Gasteiger charge is -2.11. The quantitative estimate of drug-likeness (QED) is 0.393. The number of hydrogen-bond acceptors (Lipinski definition) is 10. The summed E-state index contributed by atoms with van der Waals surface area (Å²) >= 11 is 6.97. The van der Waals surface area contributed by atoms with Crippen LogP contribution < -0.4 is 25.6 Å². The molecule has 3 rings (SSSR count). The predicted octanol–water partition coefficient (Wildman–Crippen LogP) is 1.35. The Morgan fingerprint density at radius 1 is 1.41 bits per heavy atom. The molecular weight excluding hydrogens is 458 g/mol. The van der Waals surface area contributed by atoms with Crippen molar-refractivity contribution >= 4 is 40.8 Å².